The van der Waals surface area contributed by atoms with Crippen molar-refractivity contribution in [1.29, 1.82) is 0 Å². The van der Waals surface area contributed by atoms with E-state index in [1.54, 1.807) is 4.90 Å². The summed E-state index contributed by atoms with van der Waals surface area (Å²) in [5.41, 5.74) is -0.796. The molecule has 0 aromatic carbocycles. The molecule has 6 heteroatoms. The lowest BCUT2D eigenvalue weighted by atomic mass is 9.74. The molecule has 6 nitrogen and oxygen atoms in total. The highest BCUT2D eigenvalue weighted by Crippen LogP contribution is 2.42. The third kappa shape index (κ3) is 2.99. The van der Waals surface area contributed by atoms with Crippen molar-refractivity contribution in [3.05, 3.63) is 0 Å². The highest BCUT2D eigenvalue weighted by molar-refractivity contribution is 5.81. The molecular weight excluding hydrogens is 286 g/mol. The summed E-state index contributed by atoms with van der Waals surface area (Å²) in [6, 6.07) is 0. The van der Waals surface area contributed by atoms with Crippen LogP contribution in [0.5, 0.6) is 0 Å². The third-order valence-corrected chi connectivity index (χ3v) is 5.44. The lowest BCUT2D eigenvalue weighted by Gasteiger charge is -2.33. The fourth-order valence-corrected chi connectivity index (χ4v) is 3.97. The van der Waals surface area contributed by atoms with Crippen molar-refractivity contribution in [3.8, 4) is 0 Å². The first-order valence-corrected chi connectivity index (χ1v) is 8.32. The van der Waals surface area contributed by atoms with Gasteiger partial charge in [0.25, 0.3) is 0 Å². The molecule has 0 saturated carbocycles. The molecule has 3 heterocycles. The molecule has 3 saturated heterocycles. The van der Waals surface area contributed by atoms with Crippen molar-refractivity contribution in [1.82, 2.24) is 4.90 Å². The van der Waals surface area contributed by atoms with E-state index in [9.17, 15) is 14.7 Å². The van der Waals surface area contributed by atoms with Crippen LogP contribution in [0.15, 0.2) is 0 Å². The van der Waals surface area contributed by atoms with Crippen LogP contribution in [0.25, 0.3) is 0 Å². The number of fused-ring (bicyclic) bond motifs is 1. The summed E-state index contributed by atoms with van der Waals surface area (Å²) in [6.45, 7) is 2.56. The molecule has 0 bridgehead atoms. The Balaban J connectivity index is 1.56. The van der Waals surface area contributed by atoms with E-state index < -0.39 is 11.4 Å². The fraction of sp³-hybridized carbons (Fsp3) is 0.875. The SMILES string of the molecule is O=C(CCC1CCCCO1)N1C[C@H]2COCC[C@@]2(C(=O)O)C1. The third-order valence-electron chi connectivity index (χ3n) is 5.44. The van der Waals surface area contributed by atoms with Crippen LogP contribution < -0.4 is 0 Å². The summed E-state index contributed by atoms with van der Waals surface area (Å²) in [5, 5.41) is 9.62. The molecule has 0 aliphatic carbocycles. The Bertz CT molecular complexity index is 434. The molecule has 124 valence electrons. The summed E-state index contributed by atoms with van der Waals surface area (Å²) in [4.78, 5) is 25.9. The minimum atomic E-state index is -0.796. The molecule has 0 radical (unpaired) electrons. The summed E-state index contributed by atoms with van der Waals surface area (Å²) < 4.78 is 11.1. The second-order valence-electron chi connectivity index (χ2n) is 6.78. The predicted octanol–water partition coefficient (Wildman–Crippen LogP) is 1.29. The van der Waals surface area contributed by atoms with E-state index in [1.165, 1.54) is 6.42 Å². The van der Waals surface area contributed by atoms with Gasteiger partial charge in [0.15, 0.2) is 0 Å². The molecule has 3 rings (SSSR count). The fourth-order valence-electron chi connectivity index (χ4n) is 3.97. The maximum absolute atomic E-state index is 12.4. The molecule has 3 atom stereocenters. The summed E-state index contributed by atoms with van der Waals surface area (Å²) in [7, 11) is 0. The van der Waals surface area contributed by atoms with Gasteiger partial charge in [0.05, 0.1) is 18.1 Å². The van der Waals surface area contributed by atoms with Crippen LogP contribution in [0.1, 0.15) is 38.5 Å². The van der Waals surface area contributed by atoms with E-state index in [1.807, 2.05) is 0 Å². The highest BCUT2D eigenvalue weighted by Gasteiger charge is 2.54. The van der Waals surface area contributed by atoms with Gasteiger partial charge in [-0.05, 0) is 32.1 Å². The van der Waals surface area contributed by atoms with Crippen LogP contribution in [0.2, 0.25) is 0 Å². The number of aliphatic carboxylic acids is 1. The number of carboxylic acids is 1. The molecule has 3 aliphatic rings. The minimum absolute atomic E-state index is 0.0594. The molecule has 1 unspecified atom stereocenters. The van der Waals surface area contributed by atoms with Crippen molar-refractivity contribution in [3.63, 3.8) is 0 Å². The number of rotatable bonds is 4. The monoisotopic (exact) mass is 311 g/mol. The van der Waals surface area contributed by atoms with Crippen LogP contribution in [-0.2, 0) is 19.1 Å². The van der Waals surface area contributed by atoms with Crippen LogP contribution in [0.3, 0.4) is 0 Å². The molecule has 0 aromatic heterocycles. The van der Waals surface area contributed by atoms with Crippen molar-refractivity contribution in [2.75, 3.05) is 32.9 Å². The van der Waals surface area contributed by atoms with Gasteiger partial charge in [-0.1, -0.05) is 0 Å². The molecule has 1 amide bonds. The van der Waals surface area contributed by atoms with Crippen LogP contribution in [0.4, 0.5) is 0 Å². The van der Waals surface area contributed by atoms with E-state index in [0.29, 0.717) is 39.1 Å². The standard InChI is InChI=1S/C16H25NO5/c18-14(5-4-13-3-1-2-7-22-13)17-9-12-10-21-8-6-16(12,11-17)15(19)20/h12-13H,1-11H2,(H,19,20)/t12-,13?,16+/m0/s1. The zero-order chi connectivity index (χ0) is 15.6. The Kier molecular flexibility index (Phi) is 4.68. The first kappa shape index (κ1) is 15.7. The second kappa shape index (κ2) is 6.54. The van der Waals surface area contributed by atoms with Gasteiger partial charge in [0.2, 0.25) is 5.91 Å². The Morgan fingerprint density at radius 1 is 1.27 bits per heavy atom. The molecule has 0 spiro atoms. The molecule has 3 fully saturated rings. The van der Waals surface area contributed by atoms with E-state index in [0.717, 1.165) is 25.9 Å². The minimum Gasteiger partial charge on any atom is -0.481 e. The van der Waals surface area contributed by atoms with Gasteiger partial charge in [-0.2, -0.15) is 0 Å². The zero-order valence-corrected chi connectivity index (χ0v) is 13.0. The number of amides is 1. The molecule has 3 aliphatic heterocycles. The van der Waals surface area contributed by atoms with Gasteiger partial charge in [0.1, 0.15) is 0 Å². The van der Waals surface area contributed by atoms with Crippen molar-refractivity contribution >= 4 is 11.9 Å². The number of ether oxygens (including phenoxy) is 2. The second-order valence-corrected chi connectivity index (χ2v) is 6.78. The van der Waals surface area contributed by atoms with Gasteiger partial charge in [-0.25, -0.2) is 0 Å². The van der Waals surface area contributed by atoms with E-state index >= 15 is 0 Å². The smallest absolute Gasteiger partial charge is 0.311 e. The topological polar surface area (TPSA) is 76.1 Å². The normalized spacial score (nSPS) is 35.2. The maximum Gasteiger partial charge on any atom is 0.311 e. The quantitative estimate of drug-likeness (QED) is 0.846. The Labute approximate surface area is 130 Å². The van der Waals surface area contributed by atoms with Gasteiger partial charge in [0, 0.05) is 38.6 Å². The van der Waals surface area contributed by atoms with E-state index in [-0.39, 0.29) is 17.9 Å². The van der Waals surface area contributed by atoms with Crippen LogP contribution in [0, 0.1) is 11.3 Å². The molecular formula is C16H25NO5. The van der Waals surface area contributed by atoms with Crippen LogP contribution >= 0.6 is 0 Å². The largest absolute Gasteiger partial charge is 0.481 e. The average Bonchev–Trinajstić information content (AvgIpc) is 2.95. The Morgan fingerprint density at radius 3 is 2.82 bits per heavy atom. The number of hydrogen-bond acceptors (Lipinski definition) is 4. The molecule has 1 N–H and O–H groups in total. The lowest BCUT2D eigenvalue weighted by molar-refractivity contribution is -0.157. The number of nitrogens with zero attached hydrogens (tertiary/aromatic N) is 1. The predicted molar refractivity (Wildman–Crippen MR) is 78.4 cm³/mol. The molecule has 22 heavy (non-hydrogen) atoms. The first-order valence-electron chi connectivity index (χ1n) is 8.32. The number of carbonyl (C=O) groups is 2. The first-order chi connectivity index (χ1) is 10.6. The Hall–Kier alpha value is -1.14. The van der Waals surface area contributed by atoms with Gasteiger partial charge in [-0.15, -0.1) is 0 Å². The van der Waals surface area contributed by atoms with Gasteiger partial charge in [-0.3, -0.25) is 9.59 Å². The van der Waals surface area contributed by atoms with Gasteiger partial charge >= 0.3 is 5.97 Å². The van der Waals surface area contributed by atoms with Crippen molar-refractivity contribution in [2.45, 2.75) is 44.6 Å². The van der Waals surface area contributed by atoms with E-state index in [4.69, 9.17) is 9.47 Å². The number of likely N-dealkylation sites (tertiary alicyclic amines) is 1. The average molecular weight is 311 g/mol. The zero-order valence-electron chi connectivity index (χ0n) is 13.0. The van der Waals surface area contributed by atoms with Crippen molar-refractivity contribution in [2.24, 2.45) is 11.3 Å². The lowest BCUT2D eigenvalue weighted by Crippen LogP contribution is -2.45. The number of carbonyl (C=O) groups excluding carboxylic acids is 1. The highest BCUT2D eigenvalue weighted by atomic mass is 16.5. The number of hydrogen-bond donors (Lipinski definition) is 1. The number of carboxylic acid groups (broad SMARTS) is 1. The molecule has 0 aromatic rings. The van der Waals surface area contributed by atoms with E-state index in [2.05, 4.69) is 0 Å². The van der Waals surface area contributed by atoms with Crippen LogP contribution in [-0.4, -0.2) is 60.9 Å². The summed E-state index contributed by atoms with van der Waals surface area (Å²) >= 11 is 0. The van der Waals surface area contributed by atoms with Gasteiger partial charge < -0.3 is 19.5 Å². The maximum atomic E-state index is 12.4. The van der Waals surface area contributed by atoms with Crippen molar-refractivity contribution < 1.29 is 24.2 Å². The Morgan fingerprint density at radius 2 is 2.14 bits per heavy atom. The summed E-state index contributed by atoms with van der Waals surface area (Å²) in [6.07, 6.45) is 5.21. The summed E-state index contributed by atoms with van der Waals surface area (Å²) in [5.74, 6) is -0.801.